The molecule has 0 atom stereocenters. The van der Waals surface area contributed by atoms with E-state index in [0.29, 0.717) is 38.0 Å². The van der Waals surface area contributed by atoms with Crippen molar-refractivity contribution in [1.82, 2.24) is 0 Å². The lowest BCUT2D eigenvalue weighted by molar-refractivity contribution is 0.102. The fourth-order valence-corrected chi connectivity index (χ4v) is 2.80. The van der Waals surface area contributed by atoms with E-state index in [2.05, 4.69) is 21.2 Å². The number of carbonyl (C=O) groups is 1. The van der Waals surface area contributed by atoms with Crippen LogP contribution in [0.15, 0.2) is 71.2 Å². The maximum Gasteiger partial charge on any atom is 0.256 e. The van der Waals surface area contributed by atoms with Crippen molar-refractivity contribution in [3.63, 3.8) is 0 Å². The van der Waals surface area contributed by atoms with Gasteiger partial charge in [0, 0.05) is 15.2 Å². The number of ether oxygens (including phenoxy) is 2. The van der Waals surface area contributed by atoms with E-state index in [-0.39, 0.29) is 5.91 Å². The molecule has 0 unspecified atom stereocenters. The van der Waals surface area contributed by atoms with Gasteiger partial charge in [0.15, 0.2) is 0 Å². The quantitative estimate of drug-likeness (QED) is 0.525. The van der Waals surface area contributed by atoms with Crippen LogP contribution < -0.4 is 14.8 Å². The van der Waals surface area contributed by atoms with Crippen LogP contribution in [-0.2, 0) is 0 Å². The minimum absolute atomic E-state index is 0.234. The SMILES string of the molecule is COc1ccc(Br)c(C(=O)Nc2ccc(Oc3ccc(Cl)cc3)cc2)c1. The van der Waals surface area contributed by atoms with E-state index in [1.165, 1.54) is 0 Å². The molecule has 0 aliphatic rings. The average Bonchev–Trinajstić information content (AvgIpc) is 2.65. The van der Waals surface area contributed by atoms with Crippen LogP contribution in [0.25, 0.3) is 0 Å². The molecule has 0 heterocycles. The number of rotatable bonds is 5. The smallest absolute Gasteiger partial charge is 0.256 e. The maximum absolute atomic E-state index is 12.5. The standard InChI is InChI=1S/C20H15BrClNO3/c1-25-17-10-11-19(21)18(12-17)20(24)23-14-4-8-16(9-5-14)26-15-6-2-13(22)3-7-15/h2-12H,1H3,(H,23,24). The Kier molecular flexibility index (Phi) is 5.81. The van der Waals surface area contributed by atoms with Crippen molar-refractivity contribution in [3.8, 4) is 17.2 Å². The first-order valence-electron chi connectivity index (χ1n) is 7.73. The predicted octanol–water partition coefficient (Wildman–Crippen LogP) is 6.16. The van der Waals surface area contributed by atoms with Crippen molar-refractivity contribution >= 4 is 39.1 Å². The van der Waals surface area contributed by atoms with Crippen LogP contribution in [0.5, 0.6) is 17.2 Å². The molecule has 0 saturated heterocycles. The molecular weight excluding hydrogens is 418 g/mol. The third kappa shape index (κ3) is 4.56. The van der Waals surface area contributed by atoms with Gasteiger partial charge in [0.05, 0.1) is 12.7 Å². The fraction of sp³-hybridized carbons (Fsp3) is 0.0500. The molecule has 26 heavy (non-hydrogen) atoms. The number of halogens is 2. The third-order valence-corrected chi connectivity index (χ3v) is 4.52. The van der Waals surface area contributed by atoms with Crippen molar-refractivity contribution in [2.45, 2.75) is 0 Å². The summed E-state index contributed by atoms with van der Waals surface area (Å²) in [6.45, 7) is 0. The highest BCUT2D eigenvalue weighted by Gasteiger charge is 2.12. The number of methoxy groups -OCH3 is 1. The van der Waals surface area contributed by atoms with Crippen molar-refractivity contribution in [1.29, 1.82) is 0 Å². The molecule has 0 fully saturated rings. The molecule has 3 rings (SSSR count). The van der Waals surface area contributed by atoms with Crippen molar-refractivity contribution in [2.75, 3.05) is 12.4 Å². The molecule has 1 N–H and O–H groups in total. The van der Waals surface area contributed by atoms with Crippen LogP contribution in [0.1, 0.15) is 10.4 Å². The lowest BCUT2D eigenvalue weighted by Gasteiger charge is -2.10. The average molecular weight is 433 g/mol. The Morgan fingerprint density at radius 3 is 2.12 bits per heavy atom. The number of nitrogens with one attached hydrogen (secondary N) is 1. The van der Waals surface area contributed by atoms with Gasteiger partial charge in [-0.05, 0) is 82.7 Å². The minimum atomic E-state index is -0.234. The Morgan fingerprint density at radius 1 is 0.923 bits per heavy atom. The summed E-state index contributed by atoms with van der Waals surface area (Å²) in [4.78, 5) is 12.5. The molecule has 6 heteroatoms. The van der Waals surface area contributed by atoms with Gasteiger partial charge in [-0.2, -0.15) is 0 Å². The highest BCUT2D eigenvalue weighted by atomic mass is 79.9. The predicted molar refractivity (Wildman–Crippen MR) is 107 cm³/mol. The zero-order chi connectivity index (χ0) is 18.5. The largest absolute Gasteiger partial charge is 0.497 e. The molecule has 3 aromatic carbocycles. The molecule has 132 valence electrons. The van der Waals surface area contributed by atoms with Gasteiger partial charge >= 0.3 is 0 Å². The van der Waals surface area contributed by atoms with Crippen LogP contribution >= 0.6 is 27.5 Å². The molecule has 0 aliphatic heterocycles. The summed E-state index contributed by atoms with van der Waals surface area (Å²) in [5.74, 6) is 1.73. The molecule has 0 aromatic heterocycles. The maximum atomic E-state index is 12.5. The number of carbonyl (C=O) groups excluding carboxylic acids is 1. The summed E-state index contributed by atoms with van der Waals surface area (Å²) in [6.07, 6.45) is 0. The van der Waals surface area contributed by atoms with Gasteiger partial charge in [-0.1, -0.05) is 11.6 Å². The Hall–Kier alpha value is -2.50. The van der Waals surface area contributed by atoms with Gasteiger partial charge in [-0.25, -0.2) is 0 Å². The second-order valence-corrected chi connectivity index (χ2v) is 6.67. The summed E-state index contributed by atoms with van der Waals surface area (Å²) in [7, 11) is 1.56. The first-order chi connectivity index (χ1) is 12.5. The Morgan fingerprint density at radius 2 is 1.50 bits per heavy atom. The molecule has 0 radical (unpaired) electrons. The second-order valence-electron chi connectivity index (χ2n) is 5.38. The molecule has 1 amide bonds. The van der Waals surface area contributed by atoms with E-state index in [1.54, 1.807) is 73.8 Å². The number of benzene rings is 3. The Balaban J connectivity index is 1.69. The van der Waals surface area contributed by atoms with E-state index >= 15 is 0 Å². The van der Waals surface area contributed by atoms with Gasteiger partial charge < -0.3 is 14.8 Å². The summed E-state index contributed by atoms with van der Waals surface area (Å²) < 4.78 is 11.6. The Bertz CT molecular complexity index is 911. The van der Waals surface area contributed by atoms with Crippen LogP contribution in [0.2, 0.25) is 5.02 Å². The van der Waals surface area contributed by atoms with Gasteiger partial charge in [0.2, 0.25) is 0 Å². The van der Waals surface area contributed by atoms with E-state index in [9.17, 15) is 4.79 Å². The number of amides is 1. The number of anilines is 1. The number of hydrogen-bond acceptors (Lipinski definition) is 3. The minimum Gasteiger partial charge on any atom is -0.497 e. The molecular formula is C20H15BrClNO3. The van der Waals surface area contributed by atoms with Crippen molar-refractivity contribution in [2.24, 2.45) is 0 Å². The topological polar surface area (TPSA) is 47.6 Å². The van der Waals surface area contributed by atoms with Crippen LogP contribution in [0.4, 0.5) is 5.69 Å². The molecule has 4 nitrogen and oxygen atoms in total. The summed E-state index contributed by atoms with van der Waals surface area (Å²) in [5.41, 5.74) is 1.15. The molecule has 0 bridgehead atoms. The highest BCUT2D eigenvalue weighted by molar-refractivity contribution is 9.10. The molecule has 3 aromatic rings. The van der Waals surface area contributed by atoms with Crippen LogP contribution in [0.3, 0.4) is 0 Å². The first-order valence-corrected chi connectivity index (χ1v) is 8.90. The first kappa shape index (κ1) is 18.3. The summed E-state index contributed by atoms with van der Waals surface area (Å²) in [6, 6.07) is 19.5. The zero-order valence-electron chi connectivity index (χ0n) is 13.8. The normalized spacial score (nSPS) is 10.3. The zero-order valence-corrected chi connectivity index (χ0v) is 16.2. The van der Waals surface area contributed by atoms with Gasteiger partial charge in [0.25, 0.3) is 5.91 Å². The number of hydrogen-bond donors (Lipinski definition) is 1. The Labute approximate surface area is 164 Å². The fourth-order valence-electron chi connectivity index (χ4n) is 2.25. The lowest BCUT2D eigenvalue weighted by Crippen LogP contribution is -2.12. The van der Waals surface area contributed by atoms with Gasteiger partial charge in [-0.15, -0.1) is 0 Å². The van der Waals surface area contributed by atoms with Crippen molar-refractivity contribution in [3.05, 3.63) is 81.8 Å². The van der Waals surface area contributed by atoms with Crippen molar-refractivity contribution < 1.29 is 14.3 Å². The second kappa shape index (κ2) is 8.25. The molecule has 0 aliphatic carbocycles. The van der Waals surface area contributed by atoms with Gasteiger partial charge in [-0.3, -0.25) is 4.79 Å². The molecule has 0 saturated carbocycles. The third-order valence-electron chi connectivity index (χ3n) is 3.58. The van der Waals surface area contributed by atoms with Crippen LogP contribution in [-0.4, -0.2) is 13.0 Å². The monoisotopic (exact) mass is 431 g/mol. The lowest BCUT2D eigenvalue weighted by atomic mass is 10.2. The summed E-state index contributed by atoms with van der Waals surface area (Å²) >= 11 is 9.24. The van der Waals surface area contributed by atoms with E-state index < -0.39 is 0 Å². The van der Waals surface area contributed by atoms with E-state index in [4.69, 9.17) is 21.1 Å². The van der Waals surface area contributed by atoms with E-state index in [0.717, 1.165) is 0 Å². The molecule has 0 spiro atoms. The van der Waals surface area contributed by atoms with Crippen LogP contribution in [0, 0.1) is 0 Å². The highest BCUT2D eigenvalue weighted by Crippen LogP contribution is 2.26. The van der Waals surface area contributed by atoms with E-state index in [1.807, 2.05) is 0 Å². The van der Waals surface area contributed by atoms with Gasteiger partial charge in [0.1, 0.15) is 17.2 Å². The summed E-state index contributed by atoms with van der Waals surface area (Å²) in [5, 5.41) is 3.50.